The van der Waals surface area contributed by atoms with Gasteiger partial charge in [0, 0.05) is 31.4 Å². The first kappa shape index (κ1) is 24.1. The SMILES string of the molecule is O=C(O)c1cn(C2CC2)c2nc(N3CCC(Nc4ccc(N5CCOC5=O)cc4F)CC3)c(F)cc2c1=O. The van der Waals surface area contributed by atoms with Gasteiger partial charge in [-0.3, -0.25) is 9.69 Å². The van der Waals surface area contributed by atoms with Crippen LogP contribution in [0.4, 0.5) is 30.8 Å². The average Bonchev–Trinajstić information content (AvgIpc) is 3.65. The van der Waals surface area contributed by atoms with Gasteiger partial charge >= 0.3 is 12.1 Å². The van der Waals surface area contributed by atoms with Gasteiger partial charge in [0.15, 0.2) is 11.6 Å². The Morgan fingerprint density at radius 3 is 2.45 bits per heavy atom. The molecular weight excluding hydrogens is 500 g/mol. The van der Waals surface area contributed by atoms with Crippen LogP contribution in [0.1, 0.15) is 42.1 Å². The number of halogens is 2. The molecule has 2 N–H and O–H groups in total. The summed E-state index contributed by atoms with van der Waals surface area (Å²) in [5.74, 6) is -2.41. The highest BCUT2D eigenvalue weighted by atomic mass is 19.1. The lowest BCUT2D eigenvalue weighted by Gasteiger charge is -2.34. The van der Waals surface area contributed by atoms with Gasteiger partial charge in [-0.2, -0.15) is 0 Å². The van der Waals surface area contributed by atoms with Crippen molar-refractivity contribution in [2.24, 2.45) is 0 Å². The summed E-state index contributed by atoms with van der Waals surface area (Å²) in [6.45, 7) is 1.55. The Morgan fingerprint density at radius 2 is 1.82 bits per heavy atom. The lowest BCUT2D eigenvalue weighted by atomic mass is 10.0. The normalized spacial score (nSPS) is 18.2. The monoisotopic (exact) mass is 525 g/mol. The quantitative estimate of drug-likeness (QED) is 0.500. The number of aromatic nitrogens is 2. The van der Waals surface area contributed by atoms with Crippen molar-refractivity contribution in [1.29, 1.82) is 0 Å². The molecule has 6 rings (SSSR count). The van der Waals surface area contributed by atoms with E-state index >= 15 is 4.39 Å². The van der Waals surface area contributed by atoms with Crippen molar-refractivity contribution in [1.82, 2.24) is 9.55 Å². The molecule has 3 aliphatic rings. The first-order valence-corrected chi connectivity index (χ1v) is 12.5. The minimum absolute atomic E-state index is 0.0364. The molecule has 0 atom stereocenters. The first-order chi connectivity index (χ1) is 18.3. The standard InChI is InChI=1S/C26H25F2N5O5/c27-19-11-16(32-9-10-38-26(32)37)3-4-21(19)29-14-5-7-31(8-6-14)24-20(28)12-17-22(34)18(25(35)36)13-33(15-1-2-15)23(17)30-24/h3-4,11-15,29H,1-2,5-10H2,(H,35,36). The van der Waals surface area contributed by atoms with Crippen LogP contribution in [0, 0.1) is 11.6 Å². The van der Waals surface area contributed by atoms with E-state index in [1.807, 2.05) is 0 Å². The highest BCUT2D eigenvalue weighted by Crippen LogP contribution is 2.37. The number of carbonyl (C=O) groups is 2. The van der Waals surface area contributed by atoms with E-state index < -0.39 is 34.7 Å². The predicted molar refractivity (Wildman–Crippen MR) is 135 cm³/mol. The molecule has 0 spiro atoms. The number of carboxylic acids is 1. The van der Waals surface area contributed by atoms with Gasteiger partial charge in [0.05, 0.1) is 23.3 Å². The highest BCUT2D eigenvalue weighted by Gasteiger charge is 2.30. The molecule has 3 aromatic rings. The third kappa shape index (κ3) is 4.29. The Bertz CT molecular complexity index is 1510. The number of pyridine rings is 2. The lowest BCUT2D eigenvalue weighted by Crippen LogP contribution is -2.40. The van der Waals surface area contributed by atoms with Gasteiger partial charge in [0.25, 0.3) is 0 Å². The number of hydrogen-bond donors (Lipinski definition) is 2. The average molecular weight is 526 g/mol. The maximum absolute atomic E-state index is 15.2. The molecule has 2 aliphatic heterocycles. The molecule has 0 radical (unpaired) electrons. The number of nitrogens with one attached hydrogen (secondary N) is 1. The molecule has 12 heteroatoms. The number of anilines is 3. The fourth-order valence-electron chi connectivity index (χ4n) is 5.12. The van der Waals surface area contributed by atoms with Crippen LogP contribution in [-0.4, -0.2) is 59.0 Å². The molecule has 1 aliphatic carbocycles. The van der Waals surface area contributed by atoms with E-state index in [1.165, 1.54) is 17.2 Å². The van der Waals surface area contributed by atoms with Crippen molar-refractivity contribution in [3.8, 4) is 0 Å². The number of fused-ring (bicyclic) bond motifs is 1. The van der Waals surface area contributed by atoms with Gasteiger partial charge in [-0.15, -0.1) is 0 Å². The van der Waals surface area contributed by atoms with Crippen LogP contribution in [-0.2, 0) is 4.74 Å². The number of aromatic carboxylic acids is 1. The lowest BCUT2D eigenvalue weighted by molar-refractivity contribution is 0.0694. The molecule has 198 valence electrons. The summed E-state index contributed by atoms with van der Waals surface area (Å²) in [6, 6.07) is 5.62. The van der Waals surface area contributed by atoms with Crippen LogP contribution in [0.2, 0.25) is 0 Å². The van der Waals surface area contributed by atoms with Crippen LogP contribution >= 0.6 is 0 Å². The summed E-state index contributed by atoms with van der Waals surface area (Å²) in [7, 11) is 0. The molecule has 2 saturated heterocycles. The van der Waals surface area contributed by atoms with E-state index in [0.717, 1.165) is 18.9 Å². The number of hydrogen-bond acceptors (Lipinski definition) is 7. The van der Waals surface area contributed by atoms with Crippen molar-refractivity contribution in [3.63, 3.8) is 0 Å². The zero-order valence-electron chi connectivity index (χ0n) is 20.3. The summed E-state index contributed by atoms with van der Waals surface area (Å²) in [5.41, 5.74) is -0.116. The van der Waals surface area contributed by atoms with Gasteiger partial charge < -0.3 is 24.6 Å². The molecule has 1 amide bonds. The third-order valence-corrected chi connectivity index (χ3v) is 7.29. The molecular formula is C26H25F2N5O5. The Morgan fingerprint density at radius 1 is 1.05 bits per heavy atom. The van der Waals surface area contributed by atoms with Crippen molar-refractivity contribution in [2.75, 3.05) is 41.4 Å². The minimum atomic E-state index is -1.35. The maximum atomic E-state index is 15.2. The summed E-state index contributed by atoms with van der Waals surface area (Å²) < 4.78 is 36.5. The second-order valence-electron chi connectivity index (χ2n) is 9.82. The summed E-state index contributed by atoms with van der Waals surface area (Å²) in [6.07, 6.45) is 3.66. The Hall–Kier alpha value is -4.22. The number of rotatable bonds is 6. The Labute approximate surface area is 215 Å². The van der Waals surface area contributed by atoms with Crippen molar-refractivity contribution in [3.05, 3.63) is 57.9 Å². The molecule has 10 nitrogen and oxygen atoms in total. The number of carbonyl (C=O) groups excluding carboxylic acids is 1. The van der Waals surface area contributed by atoms with E-state index in [1.54, 1.807) is 21.6 Å². The Kier molecular flexibility index (Phi) is 5.88. The Balaban J connectivity index is 1.19. The van der Waals surface area contributed by atoms with Crippen LogP contribution in [0.3, 0.4) is 0 Å². The van der Waals surface area contributed by atoms with Crippen LogP contribution in [0.5, 0.6) is 0 Å². The van der Waals surface area contributed by atoms with E-state index in [9.17, 15) is 23.9 Å². The molecule has 2 aromatic heterocycles. The molecule has 1 aromatic carbocycles. The number of piperidine rings is 1. The van der Waals surface area contributed by atoms with E-state index in [2.05, 4.69) is 10.3 Å². The van der Waals surface area contributed by atoms with Crippen LogP contribution < -0.4 is 20.5 Å². The highest BCUT2D eigenvalue weighted by molar-refractivity contribution is 5.92. The first-order valence-electron chi connectivity index (χ1n) is 12.5. The molecule has 3 fully saturated rings. The van der Waals surface area contributed by atoms with E-state index in [0.29, 0.717) is 43.9 Å². The number of cyclic esters (lactones) is 1. The zero-order chi connectivity index (χ0) is 26.6. The second-order valence-corrected chi connectivity index (χ2v) is 9.82. The number of ether oxygens (including phenoxy) is 1. The topological polar surface area (TPSA) is 117 Å². The van der Waals surface area contributed by atoms with Gasteiger partial charge in [-0.25, -0.2) is 23.4 Å². The summed E-state index contributed by atoms with van der Waals surface area (Å²) in [4.78, 5) is 43.6. The summed E-state index contributed by atoms with van der Waals surface area (Å²) >= 11 is 0. The van der Waals surface area contributed by atoms with Crippen molar-refractivity contribution >= 4 is 40.3 Å². The number of benzene rings is 1. The van der Waals surface area contributed by atoms with Gasteiger partial charge in [-0.05, 0) is 49.9 Å². The maximum Gasteiger partial charge on any atom is 0.414 e. The molecule has 0 bridgehead atoms. The predicted octanol–water partition coefficient (Wildman–Crippen LogP) is 3.75. The number of carboxylic acid groups (broad SMARTS) is 1. The third-order valence-electron chi connectivity index (χ3n) is 7.29. The smallest absolute Gasteiger partial charge is 0.414 e. The number of amides is 1. The fraction of sp³-hybridized carbons (Fsp3) is 0.385. The fourth-order valence-corrected chi connectivity index (χ4v) is 5.12. The summed E-state index contributed by atoms with van der Waals surface area (Å²) in [5, 5.41) is 12.6. The van der Waals surface area contributed by atoms with Crippen molar-refractivity contribution in [2.45, 2.75) is 37.8 Å². The van der Waals surface area contributed by atoms with Crippen molar-refractivity contribution < 1.29 is 28.2 Å². The van der Waals surface area contributed by atoms with Gasteiger partial charge in [-0.1, -0.05) is 0 Å². The minimum Gasteiger partial charge on any atom is -0.477 e. The molecule has 38 heavy (non-hydrogen) atoms. The van der Waals surface area contributed by atoms with Gasteiger partial charge in [0.1, 0.15) is 23.6 Å². The number of nitrogens with zero attached hydrogens (tertiary/aromatic N) is 4. The second kappa shape index (κ2) is 9.26. The van der Waals surface area contributed by atoms with Crippen LogP contribution in [0.25, 0.3) is 11.0 Å². The van der Waals surface area contributed by atoms with Gasteiger partial charge in [0.2, 0.25) is 5.43 Å². The molecule has 4 heterocycles. The zero-order valence-corrected chi connectivity index (χ0v) is 20.3. The largest absolute Gasteiger partial charge is 0.477 e. The molecule has 1 saturated carbocycles. The van der Waals surface area contributed by atoms with E-state index in [-0.39, 0.29) is 35.5 Å². The van der Waals surface area contributed by atoms with Crippen LogP contribution in [0.15, 0.2) is 35.3 Å². The molecule has 0 unspecified atom stereocenters. The van der Waals surface area contributed by atoms with E-state index in [4.69, 9.17) is 4.74 Å².